The molecule has 0 aliphatic carbocycles. The van der Waals surface area contributed by atoms with Gasteiger partial charge in [0.25, 0.3) is 0 Å². The van der Waals surface area contributed by atoms with Crippen LogP contribution in [0.15, 0.2) is 24.3 Å². The van der Waals surface area contributed by atoms with Crippen molar-refractivity contribution in [3.05, 3.63) is 35.4 Å². The van der Waals surface area contributed by atoms with Gasteiger partial charge in [-0.2, -0.15) is 0 Å². The van der Waals surface area contributed by atoms with Crippen molar-refractivity contribution < 1.29 is 9.47 Å². The van der Waals surface area contributed by atoms with Crippen LogP contribution in [0.2, 0.25) is 0 Å². The number of hydrogen-bond donors (Lipinski definition) is 2. The van der Waals surface area contributed by atoms with Gasteiger partial charge in [-0.15, -0.1) is 0 Å². The molecule has 0 aromatic heterocycles. The molecule has 2 aliphatic heterocycles. The van der Waals surface area contributed by atoms with Gasteiger partial charge in [-0.3, -0.25) is 9.80 Å². The van der Waals surface area contributed by atoms with Crippen molar-refractivity contribution in [2.75, 3.05) is 78.8 Å². The Morgan fingerprint density at radius 3 is 1.43 bits per heavy atom. The summed E-state index contributed by atoms with van der Waals surface area (Å²) in [5, 5.41) is 7.13. The van der Waals surface area contributed by atoms with E-state index in [1.165, 1.54) is 37.1 Å². The molecule has 6 nitrogen and oxygen atoms in total. The normalized spacial score (nSPS) is 19.1. The molecule has 2 aliphatic rings. The van der Waals surface area contributed by atoms with Gasteiger partial charge in [0.2, 0.25) is 0 Å². The van der Waals surface area contributed by atoms with Crippen molar-refractivity contribution in [3.63, 3.8) is 0 Å². The van der Waals surface area contributed by atoms with Gasteiger partial charge < -0.3 is 20.1 Å². The highest BCUT2D eigenvalue weighted by Crippen LogP contribution is 2.05. The van der Waals surface area contributed by atoms with Gasteiger partial charge in [-0.05, 0) is 50.1 Å². The van der Waals surface area contributed by atoms with E-state index in [9.17, 15) is 0 Å². The van der Waals surface area contributed by atoms with Gasteiger partial charge in [0.15, 0.2) is 0 Å². The van der Waals surface area contributed by atoms with Gasteiger partial charge >= 0.3 is 0 Å². The Balaban J connectivity index is 1.19. The van der Waals surface area contributed by atoms with Gasteiger partial charge in [-0.25, -0.2) is 0 Å². The lowest BCUT2D eigenvalue weighted by Gasteiger charge is -2.26. The molecule has 0 unspecified atom stereocenters. The molecular weight excluding hydrogens is 352 g/mol. The fourth-order valence-corrected chi connectivity index (χ4v) is 3.75. The monoisotopic (exact) mass is 390 g/mol. The quantitative estimate of drug-likeness (QED) is 0.525. The Kier molecular flexibility index (Phi) is 10.3. The third-order valence-corrected chi connectivity index (χ3v) is 5.54. The van der Waals surface area contributed by atoms with Crippen LogP contribution >= 0.6 is 0 Å². The summed E-state index contributed by atoms with van der Waals surface area (Å²) >= 11 is 0. The van der Waals surface area contributed by atoms with Crippen LogP contribution in [0.1, 0.15) is 24.0 Å². The van der Waals surface area contributed by atoms with Crippen molar-refractivity contribution >= 4 is 0 Å². The maximum atomic E-state index is 5.39. The van der Waals surface area contributed by atoms with E-state index >= 15 is 0 Å². The van der Waals surface area contributed by atoms with Crippen molar-refractivity contribution in [1.82, 2.24) is 20.4 Å². The average Bonchev–Trinajstić information content (AvgIpc) is 2.76. The lowest BCUT2D eigenvalue weighted by Crippen LogP contribution is -2.37. The number of hydrogen-bond acceptors (Lipinski definition) is 6. The van der Waals surface area contributed by atoms with Crippen LogP contribution in [0.3, 0.4) is 0 Å². The topological polar surface area (TPSA) is 49.0 Å². The molecular formula is C22H38N4O2. The minimum absolute atomic E-state index is 0.891. The minimum atomic E-state index is 0.891. The van der Waals surface area contributed by atoms with E-state index in [1.54, 1.807) is 0 Å². The predicted molar refractivity (Wildman–Crippen MR) is 114 cm³/mol. The zero-order chi connectivity index (χ0) is 19.3. The fourth-order valence-electron chi connectivity index (χ4n) is 3.75. The summed E-state index contributed by atoms with van der Waals surface area (Å²) in [6, 6.07) is 9.00. The van der Waals surface area contributed by atoms with Crippen LogP contribution in [0.4, 0.5) is 0 Å². The summed E-state index contributed by atoms with van der Waals surface area (Å²) in [5.74, 6) is 0. The molecule has 0 saturated carbocycles. The molecule has 1 aromatic carbocycles. The number of nitrogens with zero attached hydrogens (tertiary/aromatic N) is 2. The van der Waals surface area contributed by atoms with E-state index in [1.807, 2.05) is 0 Å². The first-order valence-electron chi connectivity index (χ1n) is 11.0. The highest BCUT2D eigenvalue weighted by atomic mass is 16.5. The van der Waals surface area contributed by atoms with E-state index in [0.717, 1.165) is 78.8 Å². The first-order chi connectivity index (χ1) is 13.9. The Morgan fingerprint density at radius 2 is 1.04 bits per heavy atom. The van der Waals surface area contributed by atoms with Gasteiger partial charge in [0, 0.05) is 39.3 Å². The smallest absolute Gasteiger partial charge is 0.0594 e. The third kappa shape index (κ3) is 8.55. The first kappa shape index (κ1) is 21.7. The van der Waals surface area contributed by atoms with E-state index in [-0.39, 0.29) is 0 Å². The van der Waals surface area contributed by atoms with E-state index in [0.29, 0.717) is 0 Å². The molecule has 2 N–H and O–H groups in total. The SMILES string of the molecule is c1cc(CNCCCN2CCOCC2)ccc1CNCCCN1CCOCC1. The molecule has 0 spiro atoms. The standard InChI is InChI=1S/C22H38N4O2/c1(9-25-11-15-27-16-12-25)7-23-19-21-3-5-22(6-4-21)20-24-8-2-10-26-13-17-28-18-14-26/h3-6,23-24H,1-2,7-20H2. The third-order valence-electron chi connectivity index (χ3n) is 5.54. The molecule has 0 atom stereocenters. The molecule has 3 rings (SSSR count). The average molecular weight is 391 g/mol. The summed E-state index contributed by atoms with van der Waals surface area (Å²) in [7, 11) is 0. The number of ether oxygens (including phenoxy) is 2. The fraction of sp³-hybridized carbons (Fsp3) is 0.727. The highest BCUT2D eigenvalue weighted by molar-refractivity contribution is 5.22. The van der Waals surface area contributed by atoms with Crippen molar-refractivity contribution in [3.8, 4) is 0 Å². The summed E-state index contributed by atoms with van der Waals surface area (Å²) in [6.07, 6.45) is 2.40. The Hall–Kier alpha value is -1.02. The molecule has 2 fully saturated rings. The largest absolute Gasteiger partial charge is 0.379 e. The lowest BCUT2D eigenvalue weighted by molar-refractivity contribution is 0.0374. The molecule has 158 valence electrons. The van der Waals surface area contributed by atoms with E-state index in [4.69, 9.17) is 9.47 Å². The summed E-state index contributed by atoms with van der Waals surface area (Å²) < 4.78 is 10.8. The molecule has 0 amide bonds. The number of nitrogens with one attached hydrogen (secondary N) is 2. The maximum Gasteiger partial charge on any atom is 0.0594 e. The van der Waals surface area contributed by atoms with Crippen LogP contribution in [0.5, 0.6) is 0 Å². The zero-order valence-electron chi connectivity index (χ0n) is 17.3. The maximum absolute atomic E-state index is 5.39. The summed E-state index contributed by atoms with van der Waals surface area (Å²) in [4.78, 5) is 4.99. The van der Waals surface area contributed by atoms with E-state index in [2.05, 4.69) is 44.7 Å². The van der Waals surface area contributed by atoms with Gasteiger partial charge in [-0.1, -0.05) is 24.3 Å². The second-order valence-corrected chi connectivity index (χ2v) is 7.79. The van der Waals surface area contributed by atoms with Gasteiger partial charge in [0.05, 0.1) is 26.4 Å². The van der Waals surface area contributed by atoms with Crippen LogP contribution in [0, 0.1) is 0 Å². The summed E-state index contributed by atoms with van der Waals surface area (Å²) in [6.45, 7) is 14.3. The second-order valence-electron chi connectivity index (χ2n) is 7.79. The molecule has 2 saturated heterocycles. The highest BCUT2D eigenvalue weighted by Gasteiger charge is 2.09. The van der Waals surface area contributed by atoms with Crippen molar-refractivity contribution in [2.45, 2.75) is 25.9 Å². The molecule has 2 heterocycles. The molecule has 6 heteroatoms. The Morgan fingerprint density at radius 1 is 0.643 bits per heavy atom. The molecule has 0 radical (unpaired) electrons. The molecule has 28 heavy (non-hydrogen) atoms. The van der Waals surface area contributed by atoms with Crippen LogP contribution < -0.4 is 10.6 Å². The Labute approximate surface area is 170 Å². The van der Waals surface area contributed by atoms with Crippen LogP contribution in [0.25, 0.3) is 0 Å². The predicted octanol–water partition coefficient (Wildman–Crippen LogP) is 1.31. The number of morpholine rings is 2. The van der Waals surface area contributed by atoms with Crippen LogP contribution in [-0.4, -0.2) is 88.6 Å². The zero-order valence-corrected chi connectivity index (χ0v) is 17.3. The number of rotatable bonds is 12. The molecule has 0 bridgehead atoms. The summed E-state index contributed by atoms with van der Waals surface area (Å²) in [5.41, 5.74) is 2.73. The lowest BCUT2D eigenvalue weighted by atomic mass is 10.1. The second kappa shape index (κ2) is 13.2. The van der Waals surface area contributed by atoms with E-state index < -0.39 is 0 Å². The van der Waals surface area contributed by atoms with Crippen molar-refractivity contribution in [1.29, 1.82) is 0 Å². The number of benzene rings is 1. The van der Waals surface area contributed by atoms with Crippen LogP contribution in [-0.2, 0) is 22.6 Å². The van der Waals surface area contributed by atoms with Crippen molar-refractivity contribution in [2.24, 2.45) is 0 Å². The molecule has 1 aromatic rings. The Bertz CT molecular complexity index is 467. The van der Waals surface area contributed by atoms with Gasteiger partial charge in [0.1, 0.15) is 0 Å². The minimum Gasteiger partial charge on any atom is -0.379 e. The first-order valence-corrected chi connectivity index (χ1v) is 11.0.